The van der Waals surface area contributed by atoms with E-state index >= 15 is 0 Å². The fourth-order valence-electron chi connectivity index (χ4n) is 3.55. The zero-order valence-corrected chi connectivity index (χ0v) is 27.6. The summed E-state index contributed by atoms with van der Waals surface area (Å²) in [6, 6.07) is 8.47. The number of anilines is 1. The lowest BCUT2D eigenvalue weighted by Crippen LogP contribution is -2.31. The van der Waals surface area contributed by atoms with Crippen LogP contribution in [0.1, 0.15) is 76.6 Å². The first-order valence-electron chi connectivity index (χ1n) is 14.1. The number of benzene rings is 1. The fourth-order valence-corrected chi connectivity index (χ4v) is 4.57. The van der Waals surface area contributed by atoms with Gasteiger partial charge in [0.2, 0.25) is 0 Å². The van der Waals surface area contributed by atoms with Gasteiger partial charge in [0, 0.05) is 17.3 Å². The van der Waals surface area contributed by atoms with Gasteiger partial charge in [0.15, 0.2) is 15.6 Å². The number of carboxylic acid groups (broad SMARTS) is 1. The molecule has 43 heavy (non-hydrogen) atoms. The number of carbonyl (C=O) groups excluding carboxylic acids is 2. The Morgan fingerprint density at radius 2 is 1.67 bits per heavy atom. The van der Waals surface area contributed by atoms with E-state index in [4.69, 9.17) is 13.9 Å². The van der Waals surface area contributed by atoms with Crippen molar-refractivity contribution in [3.05, 3.63) is 58.8 Å². The number of aliphatic carboxylic acids is 1. The van der Waals surface area contributed by atoms with Crippen molar-refractivity contribution in [2.24, 2.45) is 5.41 Å². The summed E-state index contributed by atoms with van der Waals surface area (Å²) in [6.07, 6.45) is 0.559. The van der Waals surface area contributed by atoms with Gasteiger partial charge in [-0.15, -0.1) is 0 Å². The van der Waals surface area contributed by atoms with Crippen LogP contribution in [0.25, 0.3) is 0 Å². The normalized spacial score (nSPS) is 12.6. The minimum Gasteiger partial charge on any atom is -0.481 e. The Hall–Kier alpha value is -4.12. The summed E-state index contributed by atoms with van der Waals surface area (Å²) >= 11 is 0. The maximum atomic E-state index is 12.3. The Balaban J connectivity index is 2.10. The third-order valence-electron chi connectivity index (χ3n) is 5.71. The second-order valence-electron chi connectivity index (χ2n) is 12.4. The van der Waals surface area contributed by atoms with Crippen LogP contribution in [0.4, 0.5) is 10.6 Å². The minimum atomic E-state index is -1.34. The molecular weight excluding hydrogens is 564 g/mol. The van der Waals surface area contributed by atoms with Gasteiger partial charge in [0.05, 0.1) is 12.3 Å². The molecule has 0 saturated carbocycles. The smallest absolute Gasteiger partial charge is 0.413 e. The number of esters is 1. The third-order valence-corrected chi connectivity index (χ3v) is 6.52. The SMILES string of the molecule is CC(C(=O)O)c1cc(C#CCOC(=O)Cc2ccc(NC(=O)OC(C)(C)C)nc2)cc(C#CC(O[SiH](C)C)C(C)(C)C)c1. The van der Waals surface area contributed by atoms with Crippen molar-refractivity contribution >= 4 is 32.9 Å². The van der Waals surface area contributed by atoms with Crippen LogP contribution < -0.4 is 5.32 Å². The molecule has 2 rings (SSSR count). The molecule has 9 nitrogen and oxygen atoms in total. The Labute approximate surface area is 256 Å². The highest BCUT2D eigenvalue weighted by Crippen LogP contribution is 2.23. The molecule has 0 aliphatic heterocycles. The first-order valence-corrected chi connectivity index (χ1v) is 16.8. The highest BCUT2D eigenvalue weighted by atomic mass is 28.3. The summed E-state index contributed by atoms with van der Waals surface area (Å²) in [5.74, 6) is 10.2. The summed E-state index contributed by atoms with van der Waals surface area (Å²) in [5.41, 5.74) is 1.56. The van der Waals surface area contributed by atoms with Crippen molar-refractivity contribution in [2.45, 2.75) is 85.6 Å². The summed E-state index contributed by atoms with van der Waals surface area (Å²) in [4.78, 5) is 40.0. The van der Waals surface area contributed by atoms with Crippen LogP contribution in [-0.2, 0) is 29.9 Å². The second-order valence-corrected chi connectivity index (χ2v) is 14.8. The molecule has 1 heterocycles. The van der Waals surface area contributed by atoms with Crippen LogP contribution >= 0.6 is 0 Å². The minimum absolute atomic E-state index is 0.0248. The lowest BCUT2D eigenvalue weighted by Gasteiger charge is -2.28. The summed E-state index contributed by atoms with van der Waals surface area (Å²) in [6.45, 7) is 17.1. The number of ether oxygens (including phenoxy) is 2. The van der Waals surface area contributed by atoms with E-state index in [1.54, 1.807) is 58.0 Å². The Kier molecular flexibility index (Phi) is 12.5. The van der Waals surface area contributed by atoms with Gasteiger partial charge >= 0.3 is 18.0 Å². The average molecular weight is 607 g/mol. The van der Waals surface area contributed by atoms with Gasteiger partial charge in [-0.1, -0.05) is 50.5 Å². The van der Waals surface area contributed by atoms with Crippen LogP contribution in [0.5, 0.6) is 0 Å². The Bertz CT molecular complexity index is 1420. The van der Waals surface area contributed by atoms with Crippen LogP contribution in [0.3, 0.4) is 0 Å². The largest absolute Gasteiger partial charge is 0.481 e. The maximum absolute atomic E-state index is 12.3. The molecule has 2 N–H and O–H groups in total. The maximum Gasteiger partial charge on any atom is 0.413 e. The Morgan fingerprint density at radius 3 is 2.21 bits per heavy atom. The number of nitrogens with zero attached hydrogens (tertiary/aromatic N) is 1. The van der Waals surface area contributed by atoms with Gasteiger partial charge in [-0.3, -0.25) is 14.9 Å². The van der Waals surface area contributed by atoms with E-state index in [1.165, 1.54) is 6.20 Å². The average Bonchev–Trinajstić information content (AvgIpc) is 2.87. The zero-order valence-electron chi connectivity index (χ0n) is 26.5. The van der Waals surface area contributed by atoms with Gasteiger partial charge in [-0.05, 0) is 81.6 Å². The van der Waals surface area contributed by atoms with E-state index in [1.807, 2.05) is 0 Å². The number of carboxylic acids is 1. The molecule has 2 aromatic rings. The topological polar surface area (TPSA) is 124 Å². The molecule has 0 aliphatic carbocycles. The number of pyridine rings is 1. The van der Waals surface area contributed by atoms with Crippen LogP contribution in [-0.4, -0.2) is 55.5 Å². The van der Waals surface area contributed by atoms with E-state index in [2.05, 4.69) is 67.8 Å². The van der Waals surface area contributed by atoms with Crippen molar-refractivity contribution in [1.29, 1.82) is 0 Å². The predicted molar refractivity (Wildman–Crippen MR) is 168 cm³/mol. The van der Waals surface area contributed by atoms with Crippen molar-refractivity contribution in [1.82, 2.24) is 4.98 Å². The number of nitrogens with one attached hydrogen (secondary N) is 1. The molecule has 0 aliphatic rings. The lowest BCUT2D eigenvalue weighted by molar-refractivity contribution is -0.141. The van der Waals surface area contributed by atoms with Gasteiger partial charge in [-0.2, -0.15) is 0 Å². The monoisotopic (exact) mass is 606 g/mol. The quantitative estimate of drug-likeness (QED) is 0.229. The molecule has 10 heteroatoms. The first-order chi connectivity index (χ1) is 19.9. The fraction of sp³-hybridized carbons (Fsp3) is 0.455. The predicted octanol–water partition coefficient (Wildman–Crippen LogP) is 5.52. The summed E-state index contributed by atoms with van der Waals surface area (Å²) in [5, 5.41) is 12.1. The van der Waals surface area contributed by atoms with Gasteiger partial charge in [0.25, 0.3) is 0 Å². The first kappa shape index (κ1) is 35.1. The number of aromatic nitrogens is 1. The molecule has 1 amide bonds. The molecule has 230 valence electrons. The molecule has 0 radical (unpaired) electrons. The molecule has 0 bridgehead atoms. The standard InChI is InChI=1S/C33H42N2O7Si/c1-22(30(37)38)26-18-23(17-24(19-26)12-14-27(32(2,3)4)42-43(8)9)11-10-16-40-29(36)20-25-13-15-28(34-21-25)35-31(39)41-33(5,6)7/h13,15,17-19,21-22,27,43H,16,20H2,1-9H3,(H,37,38)(H,34,35,39). The summed E-state index contributed by atoms with van der Waals surface area (Å²) < 4.78 is 16.6. The lowest BCUT2D eigenvalue weighted by atomic mass is 9.89. The van der Waals surface area contributed by atoms with Crippen LogP contribution in [0, 0.1) is 29.1 Å². The number of amides is 1. The molecule has 1 aromatic carbocycles. The van der Waals surface area contributed by atoms with Crippen molar-refractivity contribution in [3.63, 3.8) is 0 Å². The Morgan fingerprint density at radius 1 is 1.02 bits per heavy atom. The molecule has 0 saturated heterocycles. The van der Waals surface area contributed by atoms with Gasteiger partial charge in [-0.25, -0.2) is 9.78 Å². The highest BCUT2D eigenvalue weighted by molar-refractivity contribution is 6.48. The molecule has 2 atom stereocenters. The highest BCUT2D eigenvalue weighted by Gasteiger charge is 2.24. The number of hydrogen-bond donors (Lipinski definition) is 2. The number of carbonyl (C=O) groups is 3. The van der Waals surface area contributed by atoms with E-state index in [-0.39, 0.29) is 24.5 Å². The van der Waals surface area contributed by atoms with Crippen molar-refractivity contribution in [2.75, 3.05) is 11.9 Å². The van der Waals surface area contributed by atoms with Crippen molar-refractivity contribution < 1.29 is 33.4 Å². The zero-order chi connectivity index (χ0) is 32.4. The molecule has 2 unspecified atom stereocenters. The summed E-state index contributed by atoms with van der Waals surface area (Å²) in [7, 11) is -1.34. The van der Waals surface area contributed by atoms with E-state index in [0.29, 0.717) is 28.1 Å². The van der Waals surface area contributed by atoms with Gasteiger partial charge in [0.1, 0.15) is 17.5 Å². The van der Waals surface area contributed by atoms with Gasteiger partial charge < -0.3 is 19.0 Å². The van der Waals surface area contributed by atoms with Crippen LogP contribution in [0.2, 0.25) is 13.1 Å². The van der Waals surface area contributed by atoms with E-state index < -0.39 is 38.6 Å². The number of rotatable bonds is 8. The van der Waals surface area contributed by atoms with Crippen molar-refractivity contribution in [3.8, 4) is 23.7 Å². The van der Waals surface area contributed by atoms with E-state index in [0.717, 1.165) is 0 Å². The van der Waals surface area contributed by atoms with E-state index in [9.17, 15) is 19.5 Å². The third kappa shape index (κ3) is 13.2. The molecule has 1 aromatic heterocycles. The number of hydrogen-bond acceptors (Lipinski definition) is 7. The molecule has 0 spiro atoms. The molecular formula is C33H42N2O7Si. The molecule has 0 fully saturated rings. The second kappa shape index (κ2) is 15.4. The van der Waals surface area contributed by atoms with Crippen LogP contribution in [0.15, 0.2) is 36.5 Å².